The molecule has 120 valence electrons. The molecule has 0 aliphatic heterocycles. The molecule has 0 amide bonds. The Morgan fingerprint density at radius 1 is 0.958 bits per heavy atom. The molecule has 0 aliphatic rings. The van der Waals surface area contributed by atoms with Crippen LogP contribution in [0.25, 0.3) is 22.3 Å². The molecule has 0 radical (unpaired) electrons. The normalized spacial score (nSPS) is 10.4. The Labute approximate surface area is 139 Å². The molecule has 0 bridgehead atoms. The maximum absolute atomic E-state index is 10.8. The highest BCUT2D eigenvalue weighted by Gasteiger charge is 2.13. The van der Waals surface area contributed by atoms with Gasteiger partial charge in [-0.1, -0.05) is 12.1 Å². The number of benzene rings is 2. The fourth-order valence-corrected chi connectivity index (χ4v) is 2.69. The minimum absolute atomic E-state index is 0.0792. The van der Waals surface area contributed by atoms with Crippen LogP contribution in [0.5, 0.6) is 5.75 Å². The van der Waals surface area contributed by atoms with Gasteiger partial charge in [-0.2, -0.15) is 0 Å². The van der Waals surface area contributed by atoms with Gasteiger partial charge in [-0.15, -0.1) is 0 Å². The highest BCUT2D eigenvalue weighted by Crippen LogP contribution is 2.35. The van der Waals surface area contributed by atoms with E-state index in [0.717, 1.165) is 33.7 Å². The molecule has 1 heterocycles. The molecule has 0 saturated heterocycles. The lowest BCUT2D eigenvalue weighted by Crippen LogP contribution is -1.93. The third-order valence-corrected chi connectivity index (χ3v) is 3.91. The van der Waals surface area contributed by atoms with E-state index in [0.29, 0.717) is 0 Å². The molecule has 3 rings (SSSR count). The second kappa shape index (κ2) is 6.50. The number of rotatable bonds is 4. The SMILES string of the molecule is COc1ccc(-c2c(-c3ccc([N+](=O)[O-])cc3)ccnc2C)cc1. The van der Waals surface area contributed by atoms with E-state index in [-0.39, 0.29) is 5.69 Å². The monoisotopic (exact) mass is 320 g/mol. The number of pyridine rings is 1. The van der Waals surface area contributed by atoms with Crippen LogP contribution in [0.4, 0.5) is 5.69 Å². The molecule has 0 N–H and O–H groups in total. The van der Waals surface area contributed by atoms with E-state index in [9.17, 15) is 10.1 Å². The molecular formula is C19H16N2O3. The minimum Gasteiger partial charge on any atom is -0.497 e. The summed E-state index contributed by atoms with van der Waals surface area (Å²) in [5.74, 6) is 0.789. The molecule has 3 aromatic rings. The number of hydrogen-bond donors (Lipinski definition) is 0. The third-order valence-electron chi connectivity index (χ3n) is 3.91. The van der Waals surface area contributed by atoms with Gasteiger partial charge in [0.2, 0.25) is 0 Å². The Hall–Kier alpha value is -3.21. The van der Waals surface area contributed by atoms with Crippen LogP contribution in [0.1, 0.15) is 5.69 Å². The minimum atomic E-state index is -0.397. The Morgan fingerprint density at radius 3 is 2.17 bits per heavy atom. The zero-order valence-electron chi connectivity index (χ0n) is 13.4. The summed E-state index contributed by atoms with van der Waals surface area (Å²) in [5, 5.41) is 10.8. The highest BCUT2D eigenvalue weighted by molar-refractivity contribution is 5.85. The molecular weight excluding hydrogens is 304 g/mol. The van der Waals surface area contributed by atoms with Gasteiger partial charge in [0.1, 0.15) is 5.75 Å². The first kappa shape index (κ1) is 15.7. The van der Waals surface area contributed by atoms with Crippen LogP contribution >= 0.6 is 0 Å². The van der Waals surface area contributed by atoms with Crippen molar-refractivity contribution in [2.24, 2.45) is 0 Å². The van der Waals surface area contributed by atoms with Gasteiger partial charge in [-0.25, -0.2) is 0 Å². The standard InChI is InChI=1S/C19H16N2O3/c1-13-19(15-5-9-17(24-2)10-6-15)18(11-12-20-13)14-3-7-16(8-4-14)21(22)23/h3-12H,1-2H3. The van der Waals surface area contributed by atoms with Crippen LogP contribution in [0.3, 0.4) is 0 Å². The average Bonchev–Trinajstić information content (AvgIpc) is 2.62. The topological polar surface area (TPSA) is 65.3 Å². The van der Waals surface area contributed by atoms with Crippen molar-refractivity contribution in [1.29, 1.82) is 0 Å². The van der Waals surface area contributed by atoms with Crippen LogP contribution in [0.2, 0.25) is 0 Å². The number of nitro benzene ring substituents is 1. The molecule has 0 spiro atoms. The lowest BCUT2D eigenvalue weighted by Gasteiger charge is -2.13. The number of ether oxygens (including phenoxy) is 1. The number of non-ortho nitro benzene ring substituents is 1. The molecule has 0 fully saturated rings. The number of nitrogens with zero attached hydrogens (tertiary/aromatic N) is 2. The van der Waals surface area contributed by atoms with Crippen molar-refractivity contribution in [3.05, 3.63) is 76.6 Å². The van der Waals surface area contributed by atoms with Gasteiger partial charge < -0.3 is 4.74 Å². The fraction of sp³-hybridized carbons (Fsp3) is 0.105. The van der Waals surface area contributed by atoms with E-state index in [1.54, 1.807) is 25.4 Å². The summed E-state index contributed by atoms with van der Waals surface area (Å²) in [7, 11) is 1.63. The zero-order chi connectivity index (χ0) is 17.1. The molecule has 5 nitrogen and oxygen atoms in total. The van der Waals surface area contributed by atoms with Gasteiger partial charge in [0, 0.05) is 29.6 Å². The molecule has 24 heavy (non-hydrogen) atoms. The van der Waals surface area contributed by atoms with E-state index in [4.69, 9.17) is 4.74 Å². The lowest BCUT2D eigenvalue weighted by atomic mass is 9.94. The van der Waals surface area contributed by atoms with E-state index in [2.05, 4.69) is 4.98 Å². The first-order valence-electron chi connectivity index (χ1n) is 7.45. The lowest BCUT2D eigenvalue weighted by molar-refractivity contribution is -0.384. The number of aryl methyl sites for hydroxylation is 1. The van der Waals surface area contributed by atoms with Gasteiger partial charge in [0.15, 0.2) is 0 Å². The summed E-state index contributed by atoms with van der Waals surface area (Å²) < 4.78 is 5.21. The Morgan fingerprint density at radius 2 is 1.58 bits per heavy atom. The van der Waals surface area contributed by atoms with Crippen LogP contribution < -0.4 is 4.74 Å². The second-order valence-electron chi connectivity index (χ2n) is 5.35. The summed E-state index contributed by atoms with van der Waals surface area (Å²) in [4.78, 5) is 14.8. The predicted octanol–water partition coefficient (Wildman–Crippen LogP) is 4.64. The van der Waals surface area contributed by atoms with E-state index >= 15 is 0 Å². The van der Waals surface area contributed by atoms with Crippen LogP contribution in [-0.2, 0) is 0 Å². The second-order valence-corrected chi connectivity index (χ2v) is 5.35. The van der Waals surface area contributed by atoms with Crippen molar-refractivity contribution in [1.82, 2.24) is 4.98 Å². The van der Waals surface area contributed by atoms with Gasteiger partial charge in [0.25, 0.3) is 5.69 Å². The number of methoxy groups -OCH3 is 1. The Kier molecular flexibility index (Phi) is 4.24. The fourth-order valence-electron chi connectivity index (χ4n) is 2.69. The summed E-state index contributed by atoms with van der Waals surface area (Å²) in [6, 6.07) is 16.3. The smallest absolute Gasteiger partial charge is 0.269 e. The first-order chi connectivity index (χ1) is 11.6. The number of hydrogen-bond acceptors (Lipinski definition) is 4. The van der Waals surface area contributed by atoms with Crippen LogP contribution in [0, 0.1) is 17.0 Å². The Balaban J connectivity index is 2.11. The van der Waals surface area contributed by atoms with Crippen molar-refractivity contribution in [3.63, 3.8) is 0 Å². The third kappa shape index (κ3) is 2.96. The highest BCUT2D eigenvalue weighted by atomic mass is 16.6. The maximum Gasteiger partial charge on any atom is 0.269 e. The number of nitro groups is 1. The van der Waals surface area contributed by atoms with Crippen LogP contribution in [-0.4, -0.2) is 17.0 Å². The summed E-state index contributed by atoms with van der Waals surface area (Å²) >= 11 is 0. The first-order valence-corrected chi connectivity index (χ1v) is 7.45. The maximum atomic E-state index is 10.8. The summed E-state index contributed by atoms with van der Waals surface area (Å²) in [5.41, 5.74) is 4.91. The molecule has 1 aromatic heterocycles. The van der Waals surface area contributed by atoms with Gasteiger partial charge in [-0.05, 0) is 53.9 Å². The molecule has 2 aromatic carbocycles. The van der Waals surface area contributed by atoms with E-state index in [1.807, 2.05) is 37.3 Å². The number of aromatic nitrogens is 1. The summed E-state index contributed by atoms with van der Waals surface area (Å²) in [6.45, 7) is 1.95. The van der Waals surface area contributed by atoms with E-state index < -0.39 is 4.92 Å². The Bertz CT molecular complexity index is 872. The van der Waals surface area contributed by atoms with Crippen molar-refractivity contribution in [2.45, 2.75) is 6.92 Å². The predicted molar refractivity (Wildman–Crippen MR) is 93.1 cm³/mol. The van der Waals surface area contributed by atoms with Gasteiger partial charge >= 0.3 is 0 Å². The van der Waals surface area contributed by atoms with Gasteiger partial charge in [0.05, 0.1) is 12.0 Å². The largest absolute Gasteiger partial charge is 0.497 e. The van der Waals surface area contributed by atoms with E-state index in [1.165, 1.54) is 12.1 Å². The molecule has 0 saturated carbocycles. The molecule has 0 aliphatic carbocycles. The van der Waals surface area contributed by atoms with Crippen molar-refractivity contribution in [3.8, 4) is 28.0 Å². The quantitative estimate of drug-likeness (QED) is 0.519. The molecule has 0 atom stereocenters. The van der Waals surface area contributed by atoms with Crippen molar-refractivity contribution in [2.75, 3.05) is 7.11 Å². The van der Waals surface area contributed by atoms with Crippen molar-refractivity contribution < 1.29 is 9.66 Å². The molecule has 0 unspecified atom stereocenters. The van der Waals surface area contributed by atoms with Crippen LogP contribution in [0.15, 0.2) is 60.8 Å². The zero-order valence-corrected chi connectivity index (χ0v) is 13.4. The van der Waals surface area contributed by atoms with Crippen molar-refractivity contribution >= 4 is 5.69 Å². The van der Waals surface area contributed by atoms with Gasteiger partial charge in [-0.3, -0.25) is 15.1 Å². The average molecular weight is 320 g/mol. The summed E-state index contributed by atoms with van der Waals surface area (Å²) in [6.07, 6.45) is 1.75. The molecule has 5 heteroatoms.